The summed E-state index contributed by atoms with van der Waals surface area (Å²) in [6.07, 6.45) is 12.5. The summed E-state index contributed by atoms with van der Waals surface area (Å²) in [5.41, 5.74) is 4.97. The lowest BCUT2D eigenvalue weighted by Crippen LogP contribution is -2.57. The van der Waals surface area contributed by atoms with Crippen LogP contribution in [0.1, 0.15) is 52.4 Å². The maximum absolute atomic E-state index is 3.99. The second-order valence-corrected chi connectivity index (χ2v) is 15.2. The normalized spacial score (nSPS) is 13.8. The summed E-state index contributed by atoms with van der Waals surface area (Å²) in [7, 11) is -2.75. The zero-order valence-electron chi connectivity index (χ0n) is 14.1. The standard InChI is InChI=1S/C16H35NSi2/c1-7-9-11-13-15-18(3,4)17-19(5,6)16-14-12-10-8-2/h13-17H,7-12H2,1-6H3. The van der Waals surface area contributed by atoms with E-state index < -0.39 is 16.5 Å². The molecule has 0 aliphatic rings. The molecule has 0 unspecified atom stereocenters. The van der Waals surface area contributed by atoms with Crippen molar-refractivity contribution in [3.8, 4) is 0 Å². The lowest BCUT2D eigenvalue weighted by atomic mass is 10.2. The highest BCUT2D eigenvalue weighted by Crippen LogP contribution is 2.10. The molecule has 0 aromatic rings. The van der Waals surface area contributed by atoms with Gasteiger partial charge in [-0.2, -0.15) is 0 Å². The molecule has 0 aromatic heterocycles. The minimum atomic E-state index is -1.38. The van der Waals surface area contributed by atoms with Gasteiger partial charge in [-0.05, 0) is 12.8 Å². The van der Waals surface area contributed by atoms with Gasteiger partial charge in [-0.15, -0.1) is 0 Å². The summed E-state index contributed by atoms with van der Waals surface area (Å²) < 4.78 is 3.99. The van der Waals surface area contributed by atoms with Crippen LogP contribution in [-0.4, -0.2) is 16.5 Å². The third-order valence-corrected chi connectivity index (χ3v) is 10.5. The van der Waals surface area contributed by atoms with Crippen molar-refractivity contribution >= 4 is 16.5 Å². The van der Waals surface area contributed by atoms with Crippen LogP contribution in [0, 0.1) is 0 Å². The molecule has 19 heavy (non-hydrogen) atoms. The van der Waals surface area contributed by atoms with Crippen LogP contribution in [0.2, 0.25) is 26.2 Å². The van der Waals surface area contributed by atoms with Crippen LogP contribution in [0.4, 0.5) is 0 Å². The second-order valence-electron chi connectivity index (χ2n) is 6.66. The average molecular weight is 298 g/mol. The Kier molecular flexibility index (Phi) is 9.66. The second kappa shape index (κ2) is 9.73. The Hall–Kier alpha value is -0.126. The van der Waals surface area contributed by atoms with Crippen LogP contribution in [0.15, 0.2) is 23.6 Å². The lowest BCUT2D eigenvalue weighted by Gasteiger charge is -2.30. The quantitative estimate of drug-likeness (QED) is 0.411. The molecule has 0 radical (unpaired) electrons. The summed E-state index contributed by atoms with van der Waals surface area (Å²) in [5, 5.41) is 0. The van der Waals surface area contributed by atoms with Gasteiger partial charge in [0.2, 0.25) is 0 Å². The first-order chi connectivity index (χ1) is 8.83. The summed E-state index contributed by atoms with van der Waals surface area (Å²) in [4.78, 5) is 0. The molecule has 0 aliphatic carbocycles. The Labute approximate surface area is 123 Å². The van der Waals surface area contributed by atoms with Crippen molar-refractivity contribution in [3.05, 3.63) is 23.6 Å². The topological polar surface area (TPSA) is 12.0 Å². The molecule has 0 atom stereocenters. The van der Waals surface area contributed by atoms with E-state index in [9.17, 15) is 0 Å². The number of nitrogens with one attached hydrogen (secondary N) is 1. The monoisotopic (exact) mass is 297 g/mol. The van der Waals surface area contributed by atoms with Crippen molar-refractivity contribution in [3.63, 3.8) is 0 Å². The molecular formula is C16H35NSi2. The Balaban J connectivity index is 4.28. The van der Waals surface area contributed by atoms with E-state index in [1.807, 2.05) is 0 Å². The van der Waals surface area contributed by atoms with E-state index in [1.54, 1.807) is 0 Å². The molecule has 3 heteroatoms. The zero-order valence-corrected chi connectivity index (χ0v) is 16.1. The minimum absolute atomic E-state index is 1.24. The first kappa shape index (κ1) is 18.9. The molecule has 0 amide bonds. The highest BCUT2D eigenvalue weighted by atomic mass is 28.4. The van der Waals surface area contributed by atoms with Gasteiger partial charge in [-0.3, -0.25) is 0 Å². The van der Waals surface area contributed by atoms with Crippen molar-refractivity contribution in [1.29, 1.82) is 0 Å². The van der Waals surface area contributed by atoms with Crippen molar-refractivity contribution in [2.45, 2.75) is 78.6 Å². The van der Waals surface area contributed by atoms with Gasteiger partial charge in [0.25, 0.3) is 0 Å². The van der Waals surface area contributed by atoms with Crippen LogP contribution < -0.4 is 4.65 Å². The largest absolute Gasteiger partial charge is 0.353 e. The SMILES string of the molecule is CCCCC=C[Si](C)(C)N[Si](C)(C)C=CCCCC. The number of hydrogen-bond donors (Lipinski definition) is 1. The average Bonchev–Trinajstić information content (AvgIpc) is 2.29. The van der Waals surface area contributed by atoms with Crippen molar-refractivity contribution in [2.24, 2.45) is 0 Å². The molecule has 0 spiro atoms. The molecule has 1 nitrogen and oxygen atoms in total. The van der Waals surface area contributed by atoms with Gasteiger partial charge in [0.15, 0.2) is 0 Å². The van der Waals surface area contributed by atoms with Crippen LogP contribution in [0.5, 0.6) is 0 Å². The van der Waals surface area contributed by atoms with Gasteiger partial charge in [0, 0.05) is 0 Å². The Bertz CT molecular complexity index is 252. The van der Waals surface area contributed by atoms with E-state index in [4.69, 9.17) is 0 Å². The van der Waals surface area contributed by atoms with Gasteiger partial charge in [0.05, 0.1) is 0 Å². The number of rotatable bonds is 10. The fraction of sp³-hybridized carbons (Fsp3) is 0.750. The van der Waals surface area contributed by atoms with Crippen LogP contribution in [-0.2, 0) is 0 Å². The Morgan fingerprint density at radius 3 is 1.42 bits per heavy atom. The fourth-order valence-corrected chi connectivity index (χ4v) is 11.1. The van der Waals surface area contributed by atoms with Gasteiger partial charge >= 0.3 is 0 Å². The van der Waals surface area contributed by atoms with E-state index in [0.717, 1.165) is 0 Å². The predicted octanol–water partition coefficient (Wildman–Crippen LogP) is 5.56. The highest BCUT2D eigenvalue weighted by molar-refractivity contribution is 6.95. The number of unbranched alkanes of at least 4 members (excludes halogenated alkanes) is 4. The predicted molar refractivity (Wildman–Crippen MR) is 95.4 cm³/mol. The lowest BCUT2D eigenvalue weighted by molar-refractivity contribution is 0.815. The molecular weight excluding hydrogens is 262 g/mol. The number of hydrogen-bond acceptors (Lipinski definition) is 1. The van der Waals surface area contributed by atoms with Gasteiger partial charge < -0.3 is 4.65 Å². The van der Waals surface area contributed by atoms with E-state index in [1.165, 1.54) is 38.5 Å². The third kappa shape index (κ3) is 11.4. The summed E-state index contributed by atoms with van der Waals surface area (Å²) in [6.45, 7) is 14.2. The Morgan fingerprint density at radius 1 is 0.737 bits per heavy atom. The first-order valence-corrected chi connectivity index (χ1v) is 14.1. The zero-order chi connectivity index (χ0) is 14.8. The van der Waals surface area contributed by atoms with Crippen LogP contribution in [0.3, 0.4) is 0 Å². The number of allylic oxidation sites excluding steroid dienone is 2. The molecule has 0 saturated heterocycles. The molecule has 0 aromatic carbocycles. The van der Waals surface area contributed by atoms with Crippen LogP contribution in [0.25, 0.3) is 0 Å². The molecule has 0 aliphatic heterocycles. The molecule has 0 heterocycles. The minimum Gasteiger partial charge on any atom is -0.353 e. The summed E-state index contributed by atoms with van der Waals surface area (Å²) in [5.74, 6) is 0. The highest BCUT2D eigenvalue weighted by Gasteiger charge is 2.26. The molecule has 0 rings (SSSR count). The van der Waals surface area contributed by atoms with E-state index >= 15 is 0 Å². The first-order valence-electron chi connectivity index (χ1n) is 7.97. The molecule has 0 bridgehead atoms. The van der Waals surface area contributed by atoms with Crippen molar-refractivity contribution < 1.29 is 0 Å². The maximum Gasteiger partial charge on any atom is 0.137 e. The fourth-order valence-electron chi connectivity index (χ4n) is 2.31. The van der Waals surface area contributed by atoms with Gasteiger partial charge in [-0.1, -0.05) is 89.3 Å². The Morgan fingerprint density at radius 2 is 1.11 bits per heavy atom. The van der Waals surface area contributed by atoms with E-state index in [2.05, 4.69) is 68.2 Å². The molecule has 1 N–H and O–H groups in total. The smallest absolute Gasteiger partial charge is 0.137 e. The summed E-state index contributed by atoms with van der Waals surface area (Å²) in [6, 6.07) is 0. The van der Waals surface area contributed by atoms with Crippen LogP contribution >= 0.6 is 0 Å². The summed E-state index contributed by atoms with van der Waals surface area (Å²) >= 11 is 0. The molecule has 0 fully saturated rings. The van der Waals surface area contributed by atoms with Crippen molar-refractivity contribution in [2.75, 3.05) is 0 Å². The van der Waals surface area contributed by atoms with Gasteiger partial charge in [-0.25, -0.2) is 0 Å². The van der Waals surface area contributed by atoms with Crippen molar-refractivity contribution in [1.82, 2.24) is 4.65 Å². The third-order valence-electron chi connectivity index (χ3n) is 3.16. The maximum atomic E-state index is 3.99. The van der Waals surface area contributed by atoms with E-state index in [0.29, 0.717) is 0 Å². The molecule has 112 valence electrons. The molecule has 0 saturated carbocycles. The van der Waals surface area contributed by atoms with E-state index in [-0.39, 0.29) is 0 Å². The van der Waals surface area contributed by atoms with Gasteiger partial charge in [0.1, 0.15) is 16.5 Å².